The maximum absolute atomic E-state index is 13.3. The number of fused-ring (bicyclic) bond motifs is 2. The van der Waals surface area contributed by atoms with Gasteiger partial charge >= 0.3 is 5.97 Å². The summed E-state index contributed by atoms with van der Waals surface area (Å²) in [6.45, 7) is 6.21. The molecule has 1 aliphatic heterocycles. The van der Waals surface area contributed by atoms with E-state index in [4.69, 9.17) is 9.72 Å². The summed E-state index contributed by atoms with van der Waals surface area (Å²) in [5, 5.41) is 3.46. The Morgan fingerprint density at radius 2 is 1.87 bits per heavy atom. The zero-order chi connectivity index (χ0) is 21.8. The minimum atomic E-state index is -0.862. The number of amides is 1. The Hall–Kier alpha value is -3.25. The van der Waals surface area contributed by atoms with Gasteiger partial charge < -0.3 is 10.1 Å². The third kappa shape index (κ3) is 4.59. The van der Waals surface area contributed by atoms with Crippen molar-refractivity contribution >= 4 is 22.8 Å². The van der Waals surface area contributed by atoms with Gasteiger partial charge in [-0.25, -0.2) is 4.79 Å². The van der Waals surface area contributed by atoms with Gasteiger partial charge in [0, 0.05) is 49.2 Å². The summed E-state index contributed by atoms with van der Waals surface area (Å²) in [6, 6.07) is 17.9. The molecule has 0 aliphatic carbocycles. The van der Waals surface area contributed by atoms with E-state index in [1.165, 1.54) is 5.56 Å². The summed E-state index contributed by atoms with van der Waals surface area (Å²) in [5.41, 5.74) is 4.35. The first-order valence-corrected chi connectivity index (χ1v) is 10.7. The number of likely N-dealkylation sites (N-methyl/N-ethyl adjacent to an activating group) is 1. The normalized spacial score (nSPS) is 14.6. The van der Waals surface area contributed by atoms with Crippen LogP contribution in [0.2, 0.25) is 0 Å². The van der Waals surface area contributed by atoms with Gasteiger partial charge in [0.05, 0.1) is 11.1 Å². The van der Waals surface area contributed by atoms with E-state index in [9.17, 15) is 9.59 Å². The number of nitrogens with zero attached hydrogens (tertiary/aromatic N) is 2. The molecule has 0 bridgehead atoms. The van der Waals surface area contributed by atoms with Gasteiger partial charge in [0.15, 0.2) is 6.10 Å². The molecule has 1 amide bonds. The molecule has 1 aromatic heterocycles. The van der Waals surface area contributed by atoms with Crippen molar-refractivity contribution < 1.29 is 14.3 Å². The predicted octanol–water partition coefficient (Wildman–Crippen LogP) is 3.47. The fourth-order valence-corrected chi connectivity index (χ4v) is 4.05. The Morgan fingerprint density at radius 3 is 2.65 bits per heavy atom. The molecule has 3 aromatic rings. The molecule has 1 aliphatic rings. The van der Waals surface area contributed by atoms with Crippen molar-refractivity contribution in [2.45, 2.75) is 39.5 Å². The van der Waals surface area contributed by atoms with Crippen LogP contribution >= 0.6 is 0 Å². The highest BCUT2D eigenvalue weighted by atomic mass is 16.5. The van der Waals surface area contributed by atoms with Crippen LogP contribution in [0.4, 0.5) is 0 Å². The highest BCUT2D eigenvalue weighted by Crippen LogP contribution is 2.29. The number of ether oxygens (including phenoxy) is 1. The third-order valence-corrected chi connectivity index (χ3v) is 5.58. The molecule has 6 heteroatoms. The van der Waals surface area contributed by atoms with Gasteiger partial charge in [0.25, 0.3) is 5.91 Å². The first kappa shape index (κ1) is 21.0. The van der Waals surface area contributed by atoms with Crippen LogP contribution in [0, 0.1) is 0 Å². The van der Waals surface area contributed by atoms with Gasteiger partial charge in [0.1, 0.15) is 0 Å². The lowest BCUT2D eigenvalue weighted by atomic mass is 9.95. The minimum absolute atomic E-state index is 0.297. The van der Waals surface area contributed by atoms with E-state index in [1.54, 1.807) is 6.92 Å². The number of rotatable bonds is 6. The van der Waals surface area contributed by atoms with Crippen molar-refractivity contribution in [1.29, 1.82) is 0 Å². The van der Waals surface area contributed by atoms with Crippen LogP contribution in [0.3, 0.4) is 0 Å². The Morgan fingerprint density at radius 1 is 1.13 bits per heavy atom. The molecule has 4 rings (SSSR count). The van der Waals surface area contributed by atoms with E-state index in [2.05, 4.69) is 22.3 Å². The number of carbonyl (C=O) groups is 2. The molecule has 2 aromatic carbocycles. The second kappa shape index (κ2) is 9.27. The molecule has 160 valence electrons. The largest absolute Gasteiger partial charge is 0.449 e. The Balaban J connectivity index is 1.68. The first-order valence-electron chi connectivity index (χ1n) is 10.7. The zero-order valence-electron chi connectivity index (χ0n) is 17.9. The second-order valence-corrected chi connectivity index (χ2v) is 7.82. The lowest BCUT2D eigenvalue weighted by Crippen LogP contribution is -2.36. The number of esters is 1. The maximum Gasteiger partial charge on any atom is 0.339 e. The van der Waals surface area contributed by atoms with Gasteiger partial charge in [-0.1, -0.05) is 48.5 Å². The van der Waals surface area contributed by atoms with Gasteiger partial charge in [-0.3, -0.25) is 14.7 Å². The lowest BCUT2D eigenvalue weighted by molar-refractivity contribution is -0.128. The van der Waals surface area contributed by atoms with E-state index in [0.717, 1.165) is 41.7 Å². The average Bonchev–Trinajstić information content (AvgIpc) is 2.78. The second-order valence-electron chi connectivity index (χ2n) is 7.82. The number of hydrogen-bond acceptors (Lipinski definition) is 5. The molecular weight excluding hydrogens is 390 g/mol. The lowest BCUT2D eigenvalue weighted by Gasteiger charge is -2.30. The van der Waals surface area contributed by atoms with Gasteiger partial charge in [-0.05, 0) is 25.5 Å². The summed E-state index contributed by atoms with van der Waals surface area (Å²) in [4.78, 5) is 32.5. The van der Waals surface area contributed by atoms with Crippen molar-refractivity contribution in [1.82, 2.24) is 15.2 Å². The van der Waals surface area contributed by atoms with Crippen LogP contribution in [-0.4, -0.2) is 41.0 Å². The van der Waals surface area contributed by atoms with Crippen molar-refractivity contribution in [3.8, 4) is 0 Å². The number of nitrogens with one attached hydrogen (secondary N) is 1. The van der Waals surface area contributed by atoms with Crippen LogP contribution in [0.15, 0.2) is 54.6 Å². The monoisotopic (exact) mass is 417 g/mol. The van der Waals surface area contributed by atoms with Crippen molar-refractivity contribution in [2.24, 2.45) is 0 Å². The summed E-state index contributed by atoms with van der Waals surface area (Å²) in [5.74, 6) is -0.774. The third-order valence-electron chi connectivity index (χ3n) is 5.58. The van der Waals surface area contributed by atoms with Crippen LogP contribution in [0.25, 0.3) is 10.9 Å². The SMILES string of the molecule is CCNC(=O)[C@H](C)OC(=O)c1c2c(nc3ccccc13)CCN(Cc1ccccc1)C2. The van der Waals surface area contributed by atoms with Crippen molar-refractivity contribution in [3.63, 3.8) is 0 Å². The van der Waals surface area contributed by atoms with E-state index < -0.39 is 12.1 Å². The molecule has 31 heavy (non-hydrogen) atoms. The zero-order valence-corrected chi connectivity index (χ0v) is 17.9. The van der Waals surface area contributed by atoms with E-state index in [-0.39, 0.29) is 5.91 Å². The molecule has 2 heterocycles. The summed E-state index contributed by atoms with van der Waals surface area (Å²) >= 11 is 0. The topological polar surface area (TPSA) is 71.5 Å². The number of pyridine rings is 1. The molecule has 0 fully saturated rings. The number of hydrogen-bond donors (Lipinski definition) is 1. The summed E-state index contributed by atoms with van der Waals surface area (Å²) in [7, 11) is 0. The van der Waals surface area contributed by atoms with E-state index >= 15 is 0 Å². The Bertz CT molecular complexity index is 1100. The van der Waals surface area contributed by atoms with Crippen molar-refractivity contribution in [2.75, 3.05) is 13.1 Å². The molecule has 1 atom stereocenters. The van der Waals surface area contributed by atoms with Crippen LogP contribution < -0.4 is 5.32 Å². The standard InChI is InChI=1S/C25H27N3O3/c1-3-26-24(29)17(2)31-25(30)23-19-11-7-8-12-21(19)27-22-13-14-28(16-20(22)23)15-18-9-5-4-6-10-18/h4-12,17H,3,13-16H2,1-2H3,(H,26,29)/t17-/m0/s1. The first-order chi connectivity index (χ1) is 15.1. The highest BCUT2D eigenvalue weighted by Gasteiger charge is 2.28. The fraction of sp³-hybridized carbons (Fsp3) is 0.320. The molecule has 0 spiro atoms. The number of para-hydroxylation sites is 1. The molecule has 1 N–H and O–H groups in total. The summed E-state index contributed by atoms with van der Waals surface area (Å²) < 4.78 is 5.58. The van der Waals surface area contributed by atoms with Gasteiger partial charge in [-0.15, -0.1) is 0 Å². The molecule has 0 radical (unpaired) electrons. The van der Waals surface area contributed by atoms with E-state index in [1.807, 2.05) is 49.4 Å². The van der Waals surface area contributed by atoms with Gasteiger partial charge in [-0.2, -0.15) is 0 Å². The molecule has 0 unspecified atom stereocenters. The molecule has 6 nitrogen and oxygen atoms in total. The molecule has 0 saturated carbocycles. The van der Waals surface area contributed by atoms with Gasteiger partial charge in [0.2, 0.25) is 0 Å². The quantitative estimate of drug-likeness (QED) is 0.622. The van der Waals surface area contributed by atoms with Crippen LogP contribution in [0.1, 0.15) is 41.0 Å². The van der Waals surface area contributed by atoms with Crippen LogP contribution in [0.5, 0.6) is 0 Å². The minimum Gasteiger partial charge on any atom is -0.449 e. The molecule has 0 saturated heterocycles. The average molecular weight is 418 g/mol. The van der Waals surface area contributed by atoms with E-state index in [0.29, 0.717) is 18.7 Å². The predicted molar refractivity (Wildman–Crippen MR) is 120 cm³/mol. The molecular formula is C25H27N3O3. The summed E-state index contributed by atoms with van der Waals surface area (Å²) in [6.07, 6.45) is -0.0989. The van der Waals surface area contributed by atoms with Crippen LogP contribution in [-0.2, 0) is 29.0 Å². The Labute approximate surface area is 182 Å². The fourth-order valence-electron chi connectivity index (χ4n) is 4.05. The maximum atomic E-state index is 13.3. The Kier molecular flexibility index (Phi) is 6.28. The van der Waals surface area contributed by atoms with Crippen molar-refractivity contribution in [3.05, 3.63) is 77.0 Å². The highest BCUT2D eigenvalue weighted by molar-refractivity contribution is 6.05. The smallest absolute Gasteiger partial charge is 0.339 e. The number of carbonyl (C=O) groups excluding carboxylic acids is 2. The number of aromatic nitrogens is 1. The number of benzene rings is 2.